The summed E-state index contributed by atoms with van der Waals surface area (Å²) < 4.78 is 13.0. The van der Waals surface area contributed by atoms with Gasteiger partial charge in [-0.3, -0.25) is 0 Å². The zero-order valence-electron chi connectivity index (χ0n) is 11.0. The number of nitrogens with two attached hydrogens (primary N) is 1. The van der Waals surface area contributed by atoms with Crippen molar-refractivity contribution in [1.29, 1.82) is 0 Å². The molecule has 2 rings (SSSR count). The molecule has 0 atom stereocenters. The van der Waals surface area contributed by atoms with Gasteiger partial charge >= 0.3 is 5.97 Å². The number of aromatic carboxylic acids is 1. The molecule has 0 bridgehead atoms. The highest BCUT2D eigenvalue weighted by molar-refractivity contribution is 5.99. The van der Waals surface area contributed by atoms with Crippen molar-refractivity contribution in [3.05, 3.63) is 53.8 Å². The van der Waals surface area contributed by atoms with Crippen molar-refractivity contribution in [3.8, 4) is 0 Å². The van der Waals surface area contributed by atoms with Gasteiger partial charge in [-0.05, 0) is 43.3 Å². The van der Waals surface area contributed by atoms with Gasteiger partial charge in [0.15, 0.2) is 0 Å². The molecule has 4 nitrogen and oxygen atoms in total. The van der Waals surface area contributed by atoms with Gasteiger partial charge in [-0.1, -0.05) is 6.07 Å². The number of hydrogen-bond acceptors (Lipinski definition) is 3. The average molecular weight is 274 g/mol. The van der Waals surface area contributed by atoms with Crippen LogP contribution >= 0.6 is 0 Å². The van der Waals surface area contributed by atoms with E-state index in [0.717, 1.165) is 0 Å². The van der Waals surface area contributed by atoms with E-state index in [9.17, 15) is 14.3 Å². The molecule has 0 aliphatic heterocycles. The summed E-state index contributed by atoms with van der Waals surface area (Å²) in [4.78, 5) is 13.1. The lowest BCUT2D eigenvalue weighted by molar-refractivity contribution is 0.0697. The van der Waals surface area contributed by atoms with Crippen LogP contribution < -0.4 is 10.6 Å². The minimum atomic E-state index is -1.05. The van der Waals surface area contributed by atoms with Crippen molar-refractivity contribution in [2.75, 3.05) is 17.2 Å². The average Bonchev–Trinajstić information content (AvgIpc) is 2.43. The number of halogens is 1. The Morgan fingerprint density at radius 1 is 1.25 bits per heavy atom. The van der Waals surface area contributed by atoms with Gasteiger partial charge in [-0.15, -0.1) is 0 Å². The van der Waals surface area contributed by atoms with Gasteiger partial charge in [-0.2, -0.15) is 0 Å². The number of carbonyl (C=O) groups is 1. The minimum Gasteiger partial charge on any atom is -0.478 e. The highest BCUT2D eigenvalue weighted by Gasteiger charge is 2.19. The van der Waals surface area contributed by atoms with E-state index in [0.29, 0.717) is 23.6 Å². The van der Waals surface area contributed by atoms with E-state index in [1.165, 1.54) is 18.2 Å². The topological polar surface area (TPSA) is 66.6 Å². The fraction of sp³-hybridized carbons (Fsp3) is 0.133. The zero-order valence-corrected chi connectivity index (χ0v) is 11.0. The number of anilines is 3. The standard InChI is InChI=1S/C15H15FN2O2/c1-2-18(11-8-6-10(16)7-9-11)14-12(15(19)20)4-3-5-13(14)17/h3-9H,2,17H2,1H3,(H,19,20). The molecule has 0 unspecified atom stereocenters. The minimum absolute atomic E-state index is 0.121. The molecule has 0 fully saturated rings. The van der Waals surface area contributed by atoms with Gasteiger partial charge in [0.25, 0.3) is 0 Å². The van der Waals surface area contributed by atoms with Crippen molar-refractivity contribution in [2.24, 2.45) is 0 Å². The Morgan fingerprint density at radius 2 is 1.90 bits per heavy atom. The van der Waals surface area contributed by atoms with Crippen molar-refractivity contribution in [3.63, 3.8) is 0 Å². The van der Waals surface area contributed by atoms with Crippen LogP contribution in [0.25, 0.3) is 0 Å². The maximum Gasteiger partial charge on any atom is 0.337 e. The number of rotatable bonds is 4. The normalized spacial score (nSPS) is 10.3. The molecule has 0 radical (unpaired) electrons. The van der Waals surface area contributed by atoms with E-state index < -0.39 is 5.97 Å². The number of carboxylic acid groups (broad SMARTS) is 1. The molecule has 2 aromatic rings. The van der Waals surface area contributed by atoms with Crippen LogP contribution in [0.15, 0.2) is 42.5 Å². The van der Waals surface area contributed by atoms with Gasteiger partial charge in [-0.25, -0.2) is 9.18 Å². The molecule has 104 valence electrons. The highest BCUT2D eigenvalue weighted by atomic mass is 19.1. The first-order chi connectivity index (χ1) is 9.54. The molecule has 0 saturated carbocycles. The smallest absolute Gasteiger partial charge is 0.337 e. The largest absolute Gasteiger partial charge is 0.478 e. The second kappa shape index (κ2) is 5.61. The van der Waals surface area contributed by atoms with E-state index in [-0.39, 0.29) is 11.4 Å². The summed E-state index contributed by atoms with van der Waals surface area (Å²) in [5.74, 6) is -1.39. The summed E-state index contributed by atoms with van der Waals surface area (Å²) in [5.41, 5.74) is 7.53. The van der Waals surface area contributed by atoms with E-state index >= 15 is 0 Å². The lowest BCUT2D eigenvalue weighted by Crippen LogP contribution is -2.20. The number of nitrogen functional groups attached to an aromatic ring is 1. The quantitative estimate of drug-likeness (QED) is 0.840. The van der Waals surface area contributed by atoms with Crippen LogP contribution in [0.3, 0.4) is 0 Å². The summed E-state index contributed by atoms with van der Waals surface area (Å²) in [6.45, 7) is 2.39. The van der Waals surface area contributed by atoms with E-state index in [1.807, 2.05) is 6.92 Å². The predicted octanol–water partition coefficient (Wildman–Crippen LogP) is 3.26. The molecular weight excluding hydrogens is 259 g/mol. The Hall–Kier alpha value is -2.56. The summed E-state index contributed by atoms with van der Waals surface area (Å²) in [6, 6.07) is 10.6. The van der Waals surface area contributed by atoms with Crippen LogP contribution in [0, 0.1) is 5.82 Å². The summed E-state index contributed by atoms with van der Waals surface area (Å²) in [7, 11) is 0. The SMILES string of the molecule is CCN(c1ccc(F)cc1)c1c(N)cccc1C(=O)O. The number of carboxylic acids is 1. The summed E-state index contributed by atoms with van der Waals surface area (Å²) in [5, 5.41) is 9.28. The lowest BCUT2D eigenvalue weighted by atomic mass is 10.1. The summed E-state index contributed by atoms with van der Waals surface area (Å²) in [6.07, 6.45) is 0. The Balaban J connectivity index is 2.57. The molecule has 20 heavy (non-hydrogen) atoms. The molecule has 3 N–H and O–H groups in total. The molecule has 0 aliphatic rings. The van der Waals surface area contributed by atoms with Gasteiger partial charge in [0, 0.05) is 12.2 Å². The fourth-order valence-electron chi connectivity index (χ4n) is 2.13. The van der Waals surface area contributed by atoms with Crippen LogP contribution in [0.2, 0.25) is 0 Å². The van der Waals surface area contributed by atoms with Crippen molar-refractivity contribution in [1.82, 2.24) is 0 Å². The Kier molecular flexibility index (Phi) is 3.89. The second-order valence-corrected chi connectivity index (χ2v) is 4.27. The first kappa shape index (κ1) is 13.9. The monoisotopic (exact) mass is 274 g/mol. The van der Waals surface area contributed by atoms with Crippen LogP contribution in [-0.4, -0.2) is 17.6 Å². The molecule has 0 saturated heterocycles. The zero-order chi connectivity index (χ0) is 14.7. The Bertz CT molecular complexity index is 626. The van der Waals surface area contributed by atoms with E-state index in [2.05, 4.69) is 0 Å². The predicted molar refractivity (Wildman–Crippen MR) is 76.9 cm³/mol. The third-order valence-corrected chi connectivity index (χ3v) is 3.02. The van der Waals surface area contributed by atoms with Gasteiger partial charge in [0.05, 0.1) is 16.9 Å². The van der Waals surface area contributed by atoms with Gasteiger partial charge in [0.1, 0.15) is 5.82 Å². The Labute approximate surface area is 116 Å². The molecule has 5 heteroatoms. The third-order valence-electron chi connectivity index (χ3n) is 3.02. The number of hydrogen-bond donors (Lipinski definition) is 2. The van der Waals surface area contributed by atoms with Crippen molar-refractivity contribution < 1.29 is 14.3 Å². The van der Waals surface area contributed by atoms with Crippen LogP contribution in [0.5, 0.6) is 0 Å². The van der Waals surface area contributed by atoms with Crippen LogP contribution in [0.4, 0.5) is 21.5 Å². The molecule has 0 heterocycles. The molecule has 0 spiro atoms. The third kappa shape index (κ3) is 2.56. The second-order valence-electron chi connectivity index (χ2n) is 4.27. The Morgan fingerprint density at radius 3 is 2.45 bits per heavy atom. The molecule has 0 aromatic heterocycles. The fourth-order valence-corrected chi connectivity index (χ4v) is 2.13. The molecule has 2 aromatic carbocycles. The molecular formula is C15H15FN2O2. The number of para-hydroxylation sites is 1. The number of benzene rings is 2. The van der Waals surface area contributed by atoms with Crippen molar-refractivity contribution in [2.45, 2.75) is 6.92 Å². The number of nitrogens with zero attached hydrogens (tertiary/aromatic N) is 1. The van der Waals surface area contributed by atoms with Gasteiger partial charge < -0.3 is 15.7 Å². The van der Waals surface area contributed by atoms with Crippen LogP contribution in [0.1, 0.15) is 17.3 Å². The molecule has 0 aliphatic carbocycles. The lowest BCUT2D eigenvalue weighted by Gasteiger charge is -2.26. The maximum absolute atomic E-state index is 13.0. The first-order valence-corrected chi connectivity index (χ1v) is 6.19. The van der Waals surface area contributed by atoms with Crippen molar-refractivity contribution >= 4 is 23.0 Å². The maximum atomic E-state index is 13.0. The first-order valence-electron chi connectivity index (χ1n) is 6.19. The van der Waals surface area contributed by atoms with Gasteiger partial charge in [0.2, 0.25) is 0 Å². The highest BCUT2D eigenvalue weighted by Crippen LogP contribution is 2.33. The van der Waals surface area contributed by atoms with Crippen LogP contribution in [-0.2, 0) is 0 Å². The van der Waals surface area contributed by atoms with E-state index in [4.69, 9.17) is 5.73 Å². The summed E-state index contributed by atoms with van der Waals surface area (Å²) >= 11 is 0. The molecule has 0 amide bonds. The van der Waals surface area contributed by atoms with E-state index in [1.54, 1.807) is 29.2 Å².